The number of halogens is 1. The number of aliphatic carboxylic acids is 1. The lowest BCUT2D eigenvalue weighted by molar-refractivity contribution is -0.142. The van der Waals surface area contributed by atoms with Gasteiger partial charge in [-0.3, -0.25) is 9.59 Å². The Hall–Kier alpha value is -1.60. The summed E-state index contributed by atoms with van der Waals surface area (Å²) >= 11 is 1.23. The number of hydrogen-bond donors (Lipinski definition) is 3. The molecule has 110 valence electrons. The topological polar surface area (TPSA) is 86.6 Å². The molecule has 20 heavy (non-hydrogen) atoms. The molecule has 1 aromatic carbocycles. The second-order valence-electron chi connectivity index (χ2n) is 4.59. The molecule has 0 saturated heterocycles. The first-order chi connectivity index (χ1) is 9.28. The van der Waals surface area contributed by atoms with E-state index in [-0.39, 0.29) is 24.0 Å². The predicted molar refractivity (Wildman–Crippen MR) is 73.0 cm³/mol. The van der Waals surface area contributed by atoms with Gasteiger partial charge in [-0.25, -0.2) is 4.39 Å². The number of carbonyl (C=O) groups is 2. The van der Waals surface area contributed by atoms with E-state index < -0.39 is 18.0 Å². The van der Waals surface area contributed by atoms with E-state index in [0.717, 1.165) is 4.90 Å². The molecule has 3 N–H and O–H groups in total. The number of nitrogens with one attached hydrogen (secondary N) is 1. The third-order valence-corrected chi connectivity index (χ3v) is 3.39. The zero-order valence-electron chi connectivity index (χ0n) is 10.9. The first kappa shape index (κ1) is 16.5. The molecule has 0 radical (unpaired) electrons. The standard InChI is InChI=1S/C13H16FNO4S/c1-13(19,6-12(17)18)8-15-11(16)7-20-10-4-2-9(14)3-5-10/h2-5,19H,6-8H2,1H3,(H,15,16)(H,17,18). The minimum atomic E-state index is -1.48. The molecule has 0 bridgehead atoms. The molecule has 7 heteroatoms. The molecular weight excluding hydrogens is 285 g/mol. The number of amides is 1. The third kappa shape index (κ3) is 6.53. The number of benzene rings is 1. The van der Waals surface area contributed by atoms with Crippen LogP contribution < -0.4 is 5.32 Å². The summed E-state index contributed by atoms with van der Waals surface area (Å²) in [6, 6.07) is 5.73. The highest BCUT2D eigenvalue weighted by atomic mass is 32.2. The Kier molecular flexibility index (Phi) is 5.97. The molecule has 1 atom stereocenters. The lowest BCUT2D eigenvalue weighted by Crippen LogP contribution is -2.42. The molecule has 0 fully saturated rings. The molecule has 0 heterocycles. The predicted octanol–water partition coefficient (Wildman–Crippen LogP) is 1.26. The van der Waals surface area contributed by atoms with E-state index >= 15 is 0 Å². The monoisotopic (exact) mass is 301 g/mol. The lowest BCUT2D eigenvalue weighted by Gasteiger charge is -2.21. The van der Waals surface area contributed by atoms with Gasteiger partial charge in [0.2, 0.25) is 5.91 Å². The van der Waals surface area contributed by atoms with Crippen molar-refractivity contribution in [1.29, 1.82) is 0 Å². The molecule has 1 amide bonds. The minimum Gasteiger partial charge on any atom is -0.481 e. The maximum absolute atomic E-state index is 12.7. The average Bonchev–Trinajstić information content (AvgIpc) is 2.34. The van der Waals surface area contributed by atoms with E-state index in [0.29, 0.717) is 0 Å². The molecule has 1 aromatic rings. The molecule has 5 nitrogen and oxygen atoms in total. The van der Waals surface area contributed by atoms with Crippen LogP contribution in [-0.2, 0) is 9.59 Å². The summed E-state index contributed by atoms with van der Waals surface area (Å²) in [5.41, 5.74) is -1.48. The van der Waals surface area contributed by atoms with Crippen LogP contribution in [0.3, 0.4) is 0 Å². The summed E-state index contributed by atoms with van der Waals surface area (Å²) in [6.07, 6.45) is -0.446. The van der Waals surface area contributed by atoms with Gasteiger partial charge >= 0.3 is 5.97 Å². The summed E-state index contributed by atoms with van der Waals surface area (Å²) in [6.45, 7) is 1.20. The van der Waals surface area contributed by atoms with Crippen LogP contribution in [0.15, 0.2) is 29.2 Å². The molecule has 0 aliphatic rings. The van der Waals surface area contributed by atoms with Crippen molar-refractivity contribution < 1.29 is 24.2 Å². The summed E-state index contributed by atoms with van der Waals surface area (Å²) in [5, 5.41) is 20.7. The first-order valence-corrected chi connectivity index (χ1v) is 6.86. The largest absolute Gasteiger partial charge is 0.481 e. The van der Waals surface area contributed by atoms with E-state index in [4.69, 9.17) is 5.11 Å². The smallest absolute Gasteiger partial charge is 0.306 e. The van der Waals surface area contributed by atoms with Crippen molar-refractivity contribution in [1.82, 2.24) is 5.32 Å². The van der Waals surface area contributed by atoms with Crippen molar-refractivity contribution in [3.63, 3.8) is 0 Å². The second-order valence-corrected chi connectivity index (χ2v) is 5.64. The number of carboxylic acid groups (broad SMARTS) is 1. The Labute approximate surface area is 120 Å². The van der Waals surface area contributed by atoms with E-state index in [1.807, 2.05) is 0 Å². The fourth-order valence-electron chi connectivity index (χ4n) is 1.41. The van der Waals surface area contributed by atoms with Crippen molar-refractivity contribution in [3.05, 3.63) is 30.1 Å². The van der Waals surface area contributed by atoms with Crippen LogP contribution in [0.5, 0.6) is 0 Å². The molecule has 1 unspecified atom stereocenters. The number of carbonyl (C=O) groups excluding carboxylic acids is 1. The molecule has 1 rings (SSSR count). The van der Waals surface area contributed by atoms with Crippen LogP contribution >= 0.6 is 11.8 Å². The molecule has 0 saturated carbocycles. The zero-order chi connectivity index (χ0) is 15.2. The van der Waals surface area contributed by atoms with Gasteiger partial charge in [-0.05, 0) is 31.2 Å². The molecule has 0 aromatic heterocycles. The lowest BCUT2D eigenvalue weighted by atomic mass is 10.0. The Balaban J connectivity index is 2.33. The zero-order valence-corrected chi connectivity index (χ0v) is 11.7. The highest BCUT2D eigenvalue weighted by molar-refractivity contribution is 8.00. The van der Waals surface area contributed by atoms with Crippen LogP contribution in [-0.4, -0.2) is 40.0 Å². The van der Waals surface area contributed by atoms with Gasteiger partial charge in [-0.15, -0.1) is 11.8 Å². The maximum Gasteiger partial charge on any atom is 0.306 e. The van der Waals surface area contributed by atoms with Crippen molar-refractivity contribution >= 4 is 23.6 Å². The number of thioether (sulfide) groups is 1. The van der Waals surface area contributed by atoms with Crippen molar-refractivity contribution in [2.75, 3.05) is 12.3 Å². The Morgan fingerprint density at radius 1 is 1.35 bits per heavy atom. The van der Waals surface area contributed by atoms with Crippen molar-refractivity contribution in [2.45, 2.75) is 23.8 Å². The molecule has 0 aliphatic carbocycles. The highest BCUT2D eigenvalue weighted by Gasteiger charge is 2.24. The number of aliphatic hydroxyl groups is 1. The third-order valence-electron chi connectivity index (χ3n) is 2.38. The van der Waals surface area contributed by atoms with Crippen LogP contribution in [0, 0.1) is 5.82 Å². The minimum absolute atomic E-state index is 0.106. The van der Waals surface area contributed by atoms with E-state index in [2.05, 4.69) is 5.32 Å². The normalized spacial score (nSPS) is 13.6. The maximum atomic E-state index is 12.7. The van der Waals surface area contributed by atoms with Crippen LogP contribution in [0.4, 0.5) is 4.39 Å². The van der Waals surface area contributed by atoms with Crippen molar-refractivity contribution in [3.8, 4) is 0 Å². The summed E-state index contributed by atoms with van der Waals surface area (Å²) in [5.74, 6) is -1.70. The van der Waals surface area contributed by atoms with Gasteiger partial charge in [0.15, 0.2) is 0 Å². The van der Waals surface area contributed by atoms with E-state index in [1.54, 1.807) is 12.1 Å². The quantitative estimate of drug-likeness (QED) is 0.660. The van der Waals surface area contributed by atoms with Crippen LogP contribution in [0.2, 0.25) is 0 Å². The fraction of sp³-hybridized carbons (Fsp3) is 0.385. The number of hydrogen-bond acceptors (Lipinski definition) is 4. The molecule has 0 spiro atoms. The Morgan fingerprint density at radius 3 is 2.50 bits per heavy atom. The first-order valence-electron chi connectivity index (χ1n) is 5.88. The van der Waals surface area contributed by atoms with Gasteiger partial charge in [0.05, 0.1) is 17.8 Å². The fourth-order valence-corrected chi connectivity index (χ4v) is 2.14. The van der Waals surface area contributed by atoms with Crippen LogP contribution in [0.25, 0.3) is 0 Å². The van der Waals surface area contributed by atoms with E-state index in [1.165, 1.54) is 30.8 Å². The SMILES string of the molecule is CC(O)(CNC(=O)CSc1ccc(F)cc1)CC(=O)O. The Bertz CT molecular complexity index is 476. The van der Waals surface area contributed by atoms with E-state index in [9.17, 15) is 19.1 Å². The van der Waals surface area contributed by atoms with Gasteiger partial charge in [-0.2, -0.15) is 0 Å². The average molecular weight is 301 g/mol. The van der Waals surface area contributed by atoms with Gasteiger partial charge in [0.25, 0.3) is 0 Å². The second kappa shape index (κ2) is 7.25. The van der Waals surface area contributed by atoms with Gasteiger partial charge in [0, 0.05) is 11.4 Å². The summed E-state index contributed by atoms with van der Waals surface area (Å²) < 4.78 is 12.7. The molecular formula is C13H16FNO4S. The number of carboxylic acids is 1. The highest BCUT2D eigenvalue weighted by Crippen LogP contribution is 2.17. The van der Waals surface area contributed by atoms with Gasteiger partial charge in [0.1, 0.15) is 5.82 Å². The van der Waals surface area contributed by atoms with Gasteiger partial charge < -0.3 is 15.5 Å². The van der Waals surface area contributed by atoms with Crippen molar-refractivity contribution in [2.24, 2.45) is 0 Å². The molecule has 0 aliphatic heterocycles. The number of rotatable bonds is 7. The summed E-state index contributed by atoms with van der Waals surface area (Å²) in [4.78, 5) is 22.8. The summed E-state index contributed by atoms with van der Waals surface area (Å²) in [7, 11) is 0. The van der Waals surface area contributed by atoms with Crippen LogP contribution in [0.1, 0.15) is 13.3 Å². The van der Waals surface area contributed by atoms with Gasteiger partial charge in [-0.1, -0.05) is 0 Å². The Morgan fingerprint density at radius 2 is 1.95 bits per heavy atom.